The van der Waals surface area contributed by atoms with Crippen molar-refractivity contribution < 1.29 is 9.53 Å². The second-order valence-corrected chi connectivity index (χ2v) is 7.97. The van der Waals surface area contributed by atoms with Gasteiger partial charge in [0.05, 0.1) is 29.1 Å². The number of carbonyl (C=O) groups is 1. The van der Waals surface area contributed by atoms with Crippen LogP contribution >= 0.6 is 11.6 Å². The fraction of sp³-hybridized carbons (Fsp3) is 0.231. The number of hydrogen-bond donors (Lipinski definition) is 1. The van der Waals surface area contributed by atoms with Crippen LogP contribution in [0.3, 0.4) is 0 Å². The van der Waals surface area contributed by atoms with Gasteiger partial charge in [0.2, 0.25) is 5.91 Å². The molecule has 4 rings (SSSR count). The molecule has 1 amide bonds. The first-order chi connectivity index (χ1) is 15.7. The topological polar surface area (TPSA) is 56.2 Å². The summed E-state index contributed by atoms with van der Waals surface area (Å²) in [5, 5.41) is 3.63. The molecule has 0 unspecified atom stereocenters. The van der Waals surface area contributed by atoms with Gasteiger partial charge in [0, 0.05) is 19.5 Å². The highest BCUT2D eigenvalue weighted by Crippen LogP contribution is 2.23. The maximum absolute atomic E-state index is 12.3. The molecule has 0 saturated heterocycles. The van der Waals surface area contributed by atoms with E-state index in [9.17, 15) is 4.79 Å². The van der Waals surface area contributed by atoms with Crippen molar-refractivity contribution in [1.29, 1.82) is 0 Å². The van der Waals surface area contributed by atoms with E-state index in [1.807, 2.05) is 72.8 Å². The lowest BCUT2D eigenvalue weighted by atomic mass is 10.1. The van der Waals surface area contributed by atoms with E-state index in [4.69, 9.17) is 21.3 Å². The minimum absolute atomic E-state index is 0.0204. The Morgan fingerprint density at radius 1 is 0.969 bits per heavy atom. The molecule has 164 valence electrons. The largest absolute Gasteiger partial charge is 0.492 e. The summed E-state index contributed by atoms with van der Waals surface area (Å²) in [7, 11) is 0. The number of halogens is 1. The number of aromatic nitrogens is 2. The molecule has 1 heterocycles. The molecular formula is C26H26ClN3O2. The molecule has 0 bridgehead atoms. The Morgan fingerprint density at radius 3 is 2.56 bits per heavy atom. The van der Waals surface area contributed by atoms with Crippen LogP contribution in [0.5, 0.6) is 5.75 Å². The fourth-order valence-electron chi connectivity index (χ4n) is 3.69. The van der Waals surface area contributed by atoms with Crippen molar-refractivity contribution in [3.63, 3.8) is 0 Å². The van der Waals surface area contributed by atoms with E-state index < -0.39 is 0 Å². The zero-order chi connectivity index (χ0) is 22.2. The maximum Gasteiger partial charge on any atom is 0.224 e. The third kappa shape index (κ3) is 5.68. The molecular weight excluding hydrogens is 422 g/mol. The van der Waals surface area contributed by atoms with E-state index in [0.717, 1.165) is 35.4 Å². The third-order valence-corrected chi connectivity index (χ3v) is 5.54. The minimum Gasteiger partial charge on any atom is -0.492 e. The first-order valence-corrected chi connectivity index (χ1v) is 11.2. The van der Waals surface area contributed by atoms with E-state index in [-0.39, 0.29) is 5.91 Å². The van der Waals surface area contributed by atoms with Crippen molar-refractivity contribution in [2.45, 2.75) is 25.8 Å². The Kier molecular flexibility index (Phi) is 7.41. The molecule has 0 aliphatic rings. The van der Waals surface area contributed by atoms with Gasteiger partial charge in [0.1, 0.15) is 11.6 Å². The van der Waals surface area contributed by atoms with Gasteiger partial charge in [-0.2, -0.15) is 0 Å². The first kappa shape index (κ1) is 21.9. The van der Waals surface area contributed by atoms with Crippen molar-refractivity contribution in [3.8, 4) is 5.75 Å². The van der Waals surface area contributed by atoms with E-state index in [0.29, 0.717) is 36.8 Å². The average molecular weight is 448 g/mol. The van der Waals surface area contributed by atoms with E-state index >= 15 is 0 Å². The predicted octanol–water partition coefficient (Wildman–Crippen LogP) is 5.06. The van der Waals surface area contributed by atoms with Crippen molar-refractivity contribution in [1.82, 2.24) is 14.9 Å². The van der Waals surface area contributed by atoms with Crippen LogP contribution in [0.25, 0.3) is 11.0 Å². The minimum atomic E-state index is 0.0204. The standard InChI is InChI=1S/C26H26ClN3O2/c27-21-11-4-7-14-24(21)32-18-8-17-30-23-13-6-5-12-22(23)29-25(30)15-16-28-26(31)19-20-9-2-1-3-10-20/h1-7,9-14H,8,15-19H2,(H,28,31). The Balaban J connectivity index is 1.34. The van der Waals surface area contributed by atoms with E-state index in [1.165, 1.54) is 0 Å². The number of imidazole rings is 1. The van der Waals surface area contributed by atoms with Gasteiger partial charge in [-0.25, -0.2) is 4.98 Å². The second kappa shape index (κ2) is 10.8. The highest BCUT2D eigenvalue weighted by molar-refractivity contribution is 6.32. The Labute approximate surface area is 193 Å². The van der Waals surface area contributed by atoms with Gasteiger partial charge in [0.25, 0.3) is 0 Å². The van der Waals surface area contributed by atoms with Crippen LogP contribution in [-0.4, -0.2) is 28.6 Å². The molecule has 0 aliphatic carbocycles. The van der Waals surface area contributed by atoms with Crippen LogP contribution in [0, 0.1) is 0 Å². The molecule has 0 aliphatic heterocycles. The SMILES string of the molecule is O=C(Cc1ccccc1)NCCc1nc2ccccc2n1CCCOc1ccccc1Cl. The van der Waals surface area contributed by atoms with Crippen molar-refractivity contribution in [2.24, 2.45) is 0 Å². The van der Waals surface area contributed by atoms with Crippen LogP contribution in [0.1, 0.15) is 17.8 Å². The number of aryl methyl sites for hydroxylation is 1. The number of nitrogens with one attached hydrogen (secondary N) is 1. The summed E-state index contributed by atoms with van der Waals surface area (Å²) in [6.45, 7) is 1.88. The van der Waals surface area contributed by atoms with E-state index in [1.54, 1.807) is 0 Å². The summed E-state index contributed by atoms with van der Waals surface area (Å²) in [5.41, 5.74) is 3.07. The van der Waals surface area contributed by atoms with E-state index in [2.05, 4.69) is 16.0 Å². The summed E-state index contributed by atoms with van der Waals surface area (Å²) in [4.78, 5) is 17.1. The van der Waals surface area contributed by atoms with Crippen molar-refractivity contribution >= 4 is 28.5 Å². The second-order valence-electron chi connectivity index (χ2n) is 7.56. The average Bonchev–Trinajstić information content (AvgIpc) is 3.16. The summed E-state index contributed by atoms with van der Waals surface area (Å²) < 4.78 is 8.05. The summed E-state index contributed by atoms with van der Waals surface area (Å²) in [6, 6.07) is 25.4. The predicted molar refractivity (Wildman–Crippen MR) is 128 cm³/mol. The van der Waals surface area contributed by atoms with Gasteiger partial charge >= 0.3 is 0 Å². The van der Waals surface area contributed by atoms with Crippen LogP contribution in [0.2, 0.25) is 5.02 Å². The molecule has 32 heavy (non-hydrogen) atoms. The van der Waals surface area contributed by atoms with Gasteiger partial charge in [0.15, 0.2) is 0 Å². The van der Waals surface area contributed by atoms with Gasteiger partial charge in [-0.3, -0.25) is 4.79 Å². The molecule has 0 fully saturated rings. The molecule has 0 spiro atoms. The Bertz CT molecular complexity index is 1170. The smallest absolute Gasteiger partial charge is 0.224 e. The van der Waals surface area contributed by atoms with Crippen LogP contribution in [0.4, 0.5) is 0 Å². The van der Waals surface area contributed by atoms with Gasteiger partial charge < -0.3 is 14.6 Å². The highest BCUT2D eigenvalue weighted by atomic mass is 35.5. The summed E-state index contributed by atoms with van der Waals surface area (Å²) in [6.07, 6.45) is 1.87. The number of amides is 1. The molecule has 3 aromatic carbocycles. The number of benzene rings is 3. The Hall–Kier alpha value is -3.31. The zero-order valence-corrected chi connectivity index (χ0v) is 18.6. The summed E-state index contributed by atoms with van der Waals surface area (Å²) in [5.74, 6) is 1.68. The van der Waals surface area contributed by atoms with Crippen LogP contribution in [-0.2, 0) is 24.2 Å². The highest BCUT2D eigenvalue weighted by Gasteiger charge is 2.11. The number of hydrogen-bond acceptors (Lipinski definition) is 3. The van der Waals surface area contributed by atoms with Crippen molar-refractivity contribution in [3.05, 3.63) is 95.3 Å². The number of carbonyl (C=O) groups excluding carboxylic acids is 1. The molecule has 1 N–H and O–H groups in total. The number of nitrogens with zero attached hydrogens (tertiary/aromatic N) is 2. The van der Waals surface area contributed by atoms with Crippen molar-refractivity contribution in [2.75, 3.05) is 13.2 Å². The first-order valence-electron chi connectivity index (χ1n) is 10.8. The lowest BCUT2D eigenvalue weighted by molar-refractivity contribution is -0.120. The number of para-hydroxylation sites is 3. The monoisotopic (exact) mass is 447 g/mol. The van der Waals surface area contributed by atoms with Gasteiger partial charge in [-0.15, -0.1) is 0 Å². The van der Waals surface area contributed by atoms with Gasteiger partial charge in [-0.05, 0) is 36.2 Å². The number of fused-ring (bicyclic) bond motifs is 1. The fourth-order valence-corrected chi connectivity index (χ4v) is 3.88. The molecule has 0 atom stereocenters. The molecule has 6 heteroatoms. The quantitative estimate of drug-likeness (QED) is 0.346. The third-order valence-electron chi connectivity index (χ3n) is 5.23. The Morgan fingerprint density at radius 2 is 1.72 bits per heavy atom. The molecule has 1 aromatic heterocycles. The lowest BCUT2D eigenvalue weighted by Gasteiger charge is -2.11. The normalized spacial score (nSPS) is 10.9. The summed E-state index contributed by atoms with van der Waals surface area (Å²) >= 11 is 6.17. The van der Waals surface area contributed by atoms with Crippen LogP contribution in [0.15, 0.2) is 78.9 Å². The molecule has 0 radical (unpaired) electrons. The van der Waals surface area contributed by atoms with Crippen LogP contribution < -0.4 is 10.1 Å². The number of ether oxygens (including phenoxy) is 1. The van der Waals surface area contributed by atoms with Gasteiger partial charge in [-0.1, -0.05) is 66.2 Å². The molecule has 4 aromatic rings. The maximum atomic E-state index is 12.3. The zero-order valence-electron chi connectivity index (χ0n) is 17.8. The lowest BCUT2D eigenvalue weighted by Crippen LogP contribution is -2.28. The molecule has 5 nitrogen and oxygen atoms in total. The number of rotatable bonds is 10. The molecule has 0 saturated carbocycles.